The van der Waals surface area contributed by atoms with Crippen molar-refractivity contribution in [2.45, 2.75) is 31.8 Å². The second-order valence-corrected chi connectivity index (χ2v) is 11.0. The summed E-state index contributed by atoms with van der Waals surface area (Å²) in [7, 11) is 0. The molecule has 0 radical (unpaired) electrons. The third-order valence-corrected chi connectivity index (χ3v) is 7.96. The monoisotopic (exact) mass is 551 g/mol. The standard InChI is InChI=1S/C29H31ClFN5O3/c30-23-11-20(5-6-24(23)31)34-29-22-12-26(27(13-25(22)32-17-33-29)39-21-7-9-38-16-21)35-28(37)2-1-8-36-14-18-3-4-19(10-18)15-36/h1-2,5-6,11-13,17-19,21H,3-4,7-10,14-16H2,(H,35,37)(H,32,33,34)/t18?,19?,21-/m0/s1. The molecule has 1 amide bonds. The highest BCUT2D eigenvalue weighted by atomic mass is 35.5. The van der Waals surface area contributed by atoms with E-state index in [1.807, 2.05) is 6.08 Å². The van der Waals surface area contributed by atoms with Crippen molar-refractivity contribution >= 4 is 45.6 Å². The highest BCUT2D eigenvalue weighted by Crippen LogP contribution is 2.37. The van der Waals surface area contributed by atoms with Gasteiger partial charge in [0.15, 0.2) is 0 Å². The second-order valence-electron chi connectivity index (χ2n) is 10.6. The highest BCUT2D eigenvalue weighted by Gasteiger charge is 2.32. The molecule has 1 aromatic heterocycles. The molecule has 6 rings (SSSR count). The number of rotatable bonds is 8. The fourth-order valence-corrected chi connectivity index (χ4v) is 6.00. The topological polar surface area (TPSA) is 88.6 Å². The molecule has 3 atom stereocenters. The molecule has 2 N–H and O–H groups in total. The molecule has 39 heavy (non-hydrogen) atoms. The van der Waals surface area contributed by atoms with Crippen LogP contribution in [0.15, 0.2) is 48.8 Å². The van der Waals surface area contributed by atoms with Gasteiger partial charge in [0.2, 0.25) is 5.91 Å². The van der Waals surface area contributed by atoms with Crippen LogP contribution in [0.3, 0.4) is 0 Å². The summed E-state index contributed by atoms with van der Waals surface area (Å²) >= 11 is 5.96. The largest absolute Gasteiger partial charge is 0.486 e. The van der Waals surface area contributed by atoms with Crippen molar-refractivity contribution in [3.8, 4) is 5.75 Å². The molecular formula is C29H31ClFN5O3. The SMILES string of the molecule is O=C(C=CCN1CC2CCC(C2)C1)Nc1cc2c(Nc3ccc(F)c(Cl)c3)ncnc2cc1O[C@H]1CCOC1. The van der Waals surface area contributed by atoms with Crippen molar-refractivity contribution in [2.24, 2.45) is 11.8 Å². The van der Waals surface area contributed by atoms with Gasteiger partial charge in [-0.15, -0.1) is 0 Å². The maximum absolute atomic E-state index is 13.7. The van der Waals surface area contributed by atoms with Gasteiger partial charge in [-0.1, -0.05) is 17.7 Å². The van der Waals surface area contributed by atoms with Crippen molar-refractivity contribution in [2.75, 3.05) is 43.5 Å². The Hall–Kier alpha value is -3.27. The van der Waals surface area contributed by atoms with Crippen molar-refractivity contribution in [1.29, 1.82) is 0 Å². The molecule has 2 saturated heterocycles. The zero-order chi connectivity index (χ0) is 26.8. The Morgan fingerprint density at radius 2 is 2.03 bits per heavy atom. The average molecular weight is 552 g/mol. The van der Waals surface area contributed by atoms with Crippen molar-refractivity contribution < 1.29 is 18.7 Å². The molecule has 2 aliphatic heterocycles. The number of fused-ring (bicyclic) bond motifs is 3. The van der Waals surface area contributed by atoms with Crippen LogP contribution in [0.25, 0.3) is 10.9 Å². The van der Waals surface area contributed by atoms with Gasteiger partial charge >= 0.3 is 0 Å². The Labute approximate surface area is 231 Å². The first-order valence-corrected chi connectivity index (χ1v) is 13.8. The molecular weight excluding hydrogens is 521 g/mol. The summed E-state index contributed by atoms with van der Waals surface area (Å²) in [6.45, 7) is 4.12. The Kier molecular flexibility index (Phi) is 7.63. The average Bonchev–Trinajstić information content (AvgIpc) is 3.55. The Bertz CT molecular complexity index is 1380. The van der Waals surface area contributed by atoms with Crippen molar-refractivity contribution in [3.05, 3.63) is 59.7 Å². The lowest BCUT2D eigenvalue weighted by molar-refractivity contribution is -0.111. The molecule has 3 fully saturated rings. The minimum atomic E-state index is -0.502. The van der Waals surface area contributed by atoms with Crippen LogP contribution < -0.4 is 15.4 Å². The fraction of sp³-hybridized carbons (Fsp3) is 0.414. The number of hydrogen-bond acceptors (Lipinski definition) is 7. The van der Waals surface area contributed by atoms with Crippen LogP contribution in [0, 0.1) is 17.7 Å². The molecule has 8 nitrogen and oxygen atoms in total. The van der Waals surface area contributed by atoms with E-state index < -0.39 is 5.82 Å². The van der Waals surface area contributed by atoms with Gasteiger partial charge in [-0.05, 0) is 55.4 Å². The number of piperidine rings is 1. The number of nitrogens with zero attached hydrogens (tertiary/aromatic N) is 3. The Morgan fingerprint density at radius 3 is 2.79 bits per heavy atom. The first-order chi connectivity index (χ1) is 19.0. The lowest BCUT2D eigenvalue weighted by Gasteiger charge is -2.30. The predicted octanol–water partition coefficient (Wildman–Crippen LogP) is 5.56. The van der Waals surface area contributed by atoms with Gasteiger partial charge in [-0.2, -0.15) is 0 Å². The summed E-state index contributed by atoms with van der Waals surface area (Å²) in [5.41, 5.74) is 1.71. The molecule has 1 saturated carbocycles. The van der Waals surface area contributed by atoms with Gasteiger partial charge in [-0.3, -0.25) is 9.69 Å². The van der Waals surface area contributed by atoms with Gasteiger partial charge in [0.1, 0.15) is 29.8 Å². The zero-order valence-corrected chi connectivity index (χ0v) is 22.3. The number of nitrogens with one attached hydrogen (secondary N) is 2. The van der Waals surface area contributed by atoms with Crippen LogP contribution in [0.5, 0.6) is 5.75 Å². The second kappa shape index (κ2) is 11.5. The molecule has 3 heterocycles. The van der Waals surface area contributed by atoms with Crippen molar-refractivity contribution in [3.63, 3.8) is 0 Å². The quantitative estimate of drug-likeness (QED) is 0.354. The van der Waals surface area contributed by atoms with Gasteiger partial charge in [0.05, 0.1) is 29.4 Å². The van der Waals surface area contributed by atoms with Crippen LogP contribution in [-0.2, 0) is 9.53 Å². The number of likely N-dealkylation sites (tertiary alicyclic amines) is 1. The summed E-state index contributed by atoms with van der Waals surface area (Å²) in [4.78, 5) is 24.2. The van der Waals surface area contributed by atoms with E-state index in [-0.39, 0.29) is 17.0 Å². The molecule has 2 aromatic carbocycles. The Balaban J connectivity index is 1.23. The smallest absolute Gasteiger partial charge is 0.248 e. The van der Waals surface area contributed by atoms with Gasteiger partial charge in [0.25, 0.3) is 0 Å². The van der Waals surface area contributed by atoms with E-state index in [0.717, 1.165) is 37.9 Å². The summed E-state index contributed by atoms with van der Waals surface area (Å²) in [5, 5.41) is 6.83. The fourth-order valence-electron chi connectivity index (χ4n) is 5.82. The maximum atomic E-state index is 13.7. The Morgan fingerprint density at radius 1 is 1.18 bits per heavy atom. The van der Waals surface area contributed by atoms with E-state index in [0.29, 0.717) is 47.1 Å². The lowest BCUT2D eigenvalue weighted by Crippen LogP contribution is -2.36. The van der Waals surface area contributed by atoms with Crippen molar-refractivity contribution in [1.82, 2.24) is 14.9 Å². The van der Waals surface area contributed by atoms with Crippen LogP contribution in [-0.4, -0.2) is 59.7 Å². The molecule has 0 spiro atoms. The first kappa shape index (κ1) is 26.0. The molecule has 10 heteroatoms. The molecule has 2 unspecified atom stereocenters. The van der Waals surface area contributed by atoms with Crippen LogP contribution in [0.1, 0.15) is 25.7 Å². The van der Waals surface area contributed by atoms with E-state index in [9.17, 15) is 9.18 Å². The number of aromatic nitrogens is 2. The number of anilines is 3. The summed E-state index contributed by atoms with van der Waals surface area (Å²) < 4.78 is 25.3. The van der Waals surface area contributed by atoms with Gasteiger partial charge in [-0.25, -0.2) is 14.4 Å². The number of hydrogen-bond donors (Lipinski definition) is 2. The molecule has 3 aromatic rings. The third kappa shape index (κ3) is 6.16. The summed E-state index contributed by atoms with van der Waals surface area (Å²) in [6.07, 6.45) is 9.63. The van der Waals surface area contributed by atoms with Crippen LogP contribution in [0.4, 0.5) is 21.6 Å². The van der Waals surface area contributed by atoms with Gasteiger partial charge < -0.3 is 20.1 Å². The van der Waals surface area contributed by atoms with Crippen LogP contribution >= 0.6 is 11.6 Å². The number of carbonyl (C=O) groups excluding carboxylic acids is 1. The van der Waals surface area contributed by atoms with Gasteiger partial charge in [0, 0.05) is 49.3 Å². The highest BCUT2D eigenvalue weighted by molar-refractivity contribution is 6.31. The number of benzene rings is 2. The molecule has 204 valence electrons. The van der Waals surface area contributed by atoms with E-state index in [1.54, 1.807) is 24.3 Å². The number of carbonyl (C=O) groups is 1. The summed E-state index contributed by atoms with van der Waals surface area (Å²) in [6, 6.07) is 7.94. The first-order valence-electron chi connectivity index (χ1n) is 13.5. The predicted molar refractivity (Wildman–Crippen MR) is 149 cm³/mol. The maximum Gasteiger partial charge on any atom is 0.248 e. The number of ether oxygens (including phenoxy) is 2. The van der Waals surface area contributed by atoms with E-state index in [1.165, 1.54) is 37.7 Å². The normalized spacial score (nSPS) is 23.0. The lowest BCUT2D eigenvalue weighted by atomic mass is 9.99. The zero-order valence-electron chi connectivity index (χ0n) is 21.5. The molecule has 3 aliphatic rings. The van der Waals surface area contributed by atoms with Crippen LogP contribution in [0.2, 0.25) is 5.02 Å². The van der Waals surface area contributed by atoms with E-state index in [2.05, 4.69) is 25.5 Å². The minimum absolute atomic E-state index is 0.00442. The van der Waals surface area contributed by atoms with E-state index in [4.69, 9.17) is 21.1 Å². The summed E-state index contributed by atoms with van der Waals surface area (Å²) in [5.74, 6) is 1.88. The molecule has 1 aliphatic carbocycles. The third-order valence-electron chi connectivity index (χ3n) is 7.67. The molecule has 2 bridgehead atoms. The number of halogens is 2. The number of amides is 1. The minimum Gasteiger partial charge on any atom is -0.486 e. The van der Waals surface area contributed by atoms with E-state index >= 15 is 0 Å².